The molecule has 2 heterocycles. The van der Waals surface area contributed by atoms with Crippen molar-refractivity contribution < 1.29 is 0 Å². The van der Waals surface area contributed by atoms with Gasteiger partial charge in [-0.3, -0.25) is 9.69 Å². The van der Waals surface area contributed by atoms with Crippen molar-refractivity contribution in [2.24, 2.45) is 0 Å². The van der Waals surface area contributed by atoms with Crippen LogP contribution in [0.1, 0.15) is 5.69 Å². The molecule has 2 aromatic carbocycles. The number of para-hydroxylation sites is 1. The van der Waals surface area contributed by atoms with Crippen molar-refractivity contribution in [3.8, 4) is 0 Å². The highest BCUT2D eigenvalue weighted by atomic mass is 16.1. The Labute approximate surface area is 147 Å². The maximum Gasteiger partial charge on any atom is 0.275 e. The minimum Gasteiger partial charge on any atom is -0.369 e. The number of fused-ring (bicyclic) bond motifs is 1. The third-order valence-corrected chi connectivity index (χ3v) is 4.88. The van der Waals surface area contributed by atoms with Gasteiger partial charge in [-0.1, -0.05) is 36.4 Å². The van der Waals surface area contributed by atoms with Gasteiger partial charge in [0.15, 0.2) is 0 Å². The Kier molecular flexibility index (Phi) is 4.24. The Morgan fingerprint density at radius 1 is 0.880 bits per heavy atom. The summed E-state index contributed by atoms with van der Waals surface area (Å²) in [5.41, 5.74) is 2.16. The number of rotatable bonds is 3. The summed E-state index contributed by atoms with van der Waals surface area (Å²) in [6.07, 6.45) is 0. The molecule has 0 atom stereocenters. The first-order valence-electron chi connectivity index (χ1n) is 8.71. The number of nitrogens with zero attached hydrogens (tertiary/aromatic N) is 4. The molecular weight excluding hydrogens is 312 g/mol. The highest BCUT2D eigenvalue weighted by molar-refractivity contribution is 5.83. The first-order valence-corrected chi connectivity index (χ1v) is 8.71. The van der Waals surface area contributed by atoms with Gasteiger partial charge in [0.05, 0.1) is 17.7 Å². The molecule has 0 bridgehead atoms. The highest BCUT2D eigenvalue weighted by Crippen LogP contribution is 2.16. The normalized spacial score (nSPS) is 15.6. The van der Waals surface area contributed by atoms with Crippen molar-refractivity contribution in [3.05, 3.63) is 70.6 Å². The highest BCUT2D eigenvalue weighted by Gasteiger charge is 2.18. The molecule has 128 valence electrons. The van der Waals surface area contributed by atoms with Gasteiger partial charge in [-0.2, -0.15) is 5.10 Å². The summed E-state index contributed by atoms with van der Waals surface area (Å²) >= 11 is 0. The maximum absolute atomic E-state index is 12.7. The monoisotopic (exact) mass is 334 g/mol. The standard InChI is InChI=1S/C20H22N4O/c1-16-18-9-5-6-10-19(18)20(25)24(21-16)15-22-11-13-23(14-12-22)17-7-3-2-4-8-17/h2-10H,11-15H2,1H3. The van der Waals surface area contributed by atoms with E-state index in [9.17, 15) is 4.79 Å². The lowest BCUT2D eigenvalue weighted by Crippen LogP contribution is -2.48. The largest absolute Gasteiger partial charge is 0.369 e. The van der Waals surface area contributed by atoms with Crippen LogP contribution in [-0.2, 0) is 6.67 Å². The van der Waals surface area contributed by atoms with Gasteiger partial charge in [-0.05, 0) is 25.1 Å². The molecule has 1 aromatic heterocycles. The Balaban J connectivity index is 1.50. The quantitative estimate of drug-likeness (QED) is 0.738. The molecule has 0 spiro atoms. The molecular formula is C20H22N4O. The predicted molar refractivity (Wildman–Crippen MR) is 101 cm³/mol. The lowest BCUT2D eigenvalue weighted by Gasteiger charge is -2.36. The fourth-order valence-electron chi connectivity index (χ4n) is 3.48. The molecule has 5 nitrogen and oxygen atoms in total. The van der Waals surface area contributed by atoms with Gasteiger partial charge in [0.25, 0.3) is 5.56 Å². The summed E-state index contributed by atoms with van der Waals surface area (Å²) in [5.74, 6) is 0. The van der Waals surface area contributed by atoms with Crippen molar-refractivity contribution >= 4 is 16.5 Å². The fraction of sp³-hybridized carbons (Fsp3) is 0.300. The van der Waals surface area contributed by atoms with Gasteiger partial charge < -0.3 is 4.90 Å². The zero-order chi connectivity index (χ0) is 17.2. The van der Waals surface area contributed by atoms with Gasteiger partial charge in [0.2, 0.25) is 0 Å². The van der Waals surface area contributed by atoms with Crippen molar-refractivity contribution in [1.82, 2.24) is 14.7 Å². The van der Waals surface area contributed by atoms with Gasteiger partial charge >= 0.3 is 0 Å². The molecule has 0 aliphatic carbocycles. The summed E-state index contributed by atoms with van der Waals surface area (Å²) in [5, 5.41) is 6.21. The van der Waals surface area contributed by atoms with Crippen LogP contribution in [-0.4, -0.2) is 40.9 Å². The lowest BCUT2D eigenvalue weighted by molar-refractivity contribution is 0.191. The Morgan fingerprint density at radius 2 is 1.52 bits per heavy atom. The molecule has 0 amide bonds. The van der Waals surface area contributed by atoms with E-state index in [2.05, 4.69) is 39.2 Å². The van der Waals surface area contributed by atoms with E-state index in [1.54, 1.807) is 4.68 Å². The van der Waals surface area contributed by atoms with Gasteiger partial charge in [-0.15, -0.1) is 0 Å². The van der Waals surface area contributed by atoms with Crippen LogP contribution in [0.2, 0.25) is 0 Å². The molecule has 0 unspecified atom stereocenters. The number of anilines is 1. The Morgan fingerprint density at radius 3 is 2.24 bits per heavy atom. The second kappa shape index (κ2) is 6.69. The lowest BCUT2D eigenvalue weighted by atomic mass is 10.1. The second-order valence-corrected chi connectivity index (χ2v) is 6.52. The van der Waals surface area contributed by atoms with Crippen LogP contribution in [0.4, 0.5) is 5.69 Å². The van der Waals surface area contributed by atoms with Crippen molar-refractivity contribution in [2.75, 3.05) is 31.1 Å². The van der Waals surface area contributed by atoms with Crippen LogP contribution >= 0.6 is 0 Å². The van der Waals surface area contributed by atoms with E-state index in [0.29, 0.717) is 6.67 Å². The van der Waals surface area contributed by atoms with Crippen LogP contribution in [0.15, 0.2) is 59.4 Å². The fourth-order valence-corrected chi connectivity index (χ4v) is 3.48. The van der Waals surface area contributed by atoms with E-state index in [-0.39, 0.29) is 5.56 Å². The van der Waals surface area contributed by atoms with Crippen molar-refractivity contribution in [1.29, 1.82) is 0 Å². The summed E-state index contributed by atoms with van der Waals surface area (Å²) < 4.78 is 1.61. The zero-order valence-corrected chi connectivity index (χ0v) is 14.4. The topological polar surface area (TPSA) is 41.4 Å². The minimum atomic E-state index is -0.00770. The number of piperazine rings is 1. The Bertz CT molecular complexity index is 927. The number of hydrogen-bond acceptors (Lipinski definition) is 4. The molecule has 4 rings (SSSR count). The predicted octanol–water partition coefficient (Wildman–Crippen LogP) is 2.48. The molecule has 1 aliphatic heterocycles. The molecule has 1 fully saturated rings. The smallest absolute Gasteiger partial charge is 0.275 e. The van der Waals surface area contributed by atoms with E-state index < -0.39 is 0 Å². The molecule has 1 saturated heterocycles. The number of aryl methyl sites for hydroxylation is 1. The van der Waals surface area contributed by atoms with Crippen LogP contribution in [0.5, 0.6) is 0 Å². The van der Waals surface area contributed by atoms with E-state index >= 15 is 0 Å². The summed E-state index contributed by atoms with van der Waals surface area (Å²) in [6.45, 7) is 6.29. The third-order valence-electron chi connectivity index (χ3n) is 4.88. The summed E-state index contributed by atoms with van der Waals surface area (Å²) in [7, 11) is 0. The van der Waals surface area contributed by atoms with Gasteiger partial charge in [0, 0.05) is 37.3 Å². The van der Waals surface area contributed by atoms with Gasteiger partial charge in [0.1, 0.15) is 0 Å². The van der Waals surface area contributed by atoms with Crippen molar-refractivity contribution in [2.45, 2.75) is 13.6 Å². The van der Waals surface area contributed by atoms with Crippen LogP contribution in [0, 0.1) is 6.92 Å². The maximum atomic E-state index is 12.7. The van der Waals surface area contributed by atoms with E-state index in [0.717, 1.165) is 42.6 Å². The summed E-state index contributed by atoms with van der Waals surface area (Å²) in [4.78, 5) is 17.4. The molecule has 5 heteroatoms. The number of benzene rings is 2. The first-order chi connectivity index (χ1) is 12.2. The molecule has 3 aromatic rings. The van der Waals surface area contributed by atoms with Crippen molar-refractivity contribution in [3.63, 3.8) is 0 Å². The second-order valence-electron chi connectivity index (χ2n) is 6.52. The third kappa shape index (κ3) is 3.15. The van der Waals surface area contributed by atoms with Crippen LogP contribution < -0.4 is 10.5 Å². The SMILES string of the molecule is Cc1nn(CN2CCN(c3ccccc3)CC2)c(=O)c2ccccc12. The van der Waals surface area contributed by atoms with E-state index in [1.807, 2.05) is 37.3 Å². The Hall–Kier alpha value is -2.66. The average Bonchev–Trinajstić information content (AvgIpc) is 2.67. The average molecular weight is 334 g/mol. The molecule has 0 N–H and O–H groups in total. The first kappa shape index (κ1) is 15.8. The number of hydrogen-bond donors (Lipinski definition) is 0. The summed E-state index contributed by atoms with van der Waals surface area (Å²) in [6, 6.07) is 18.2. The van der Waals surface area contributed by atoms with Gasteiger partial charge in [-0.25, -0.2) is 4.68 Å². The van der Waals surface area contributed by atoms with E-state index in [4.69, 9.17) is 0 Å². The van der Waals surface area contributed by atoms with Crippen LogP contribution in [0.3, 0.4) is 0 Å². The van der Waals surface area contributed by atoms with E-state index in [1.165, 1.54) is 5.69 Å². The number of aromatic nitrogens is 2. The zero-order valence-electron chi connectivity index (χ0n) is 14.4. The minimum absolute atomic E-state index is 0.00770. The molecule has 25 heavy (non-hydrogen) atoms. The molecule has 0 saturated carbocycles. The van der Waals surface area contributed by atoms with Crippen LogP contribution in [0.25, 0.3) is 10.8 Å². The molecule has 1 aliphatic rings. The molecule has 0 radical (unpaired) electrons.